The number of pyridine rings is 1. The van der Waals surface area contributed by atoms with Gasteiger partial charge in [0.05, 0.1) is 22.7 Å². The van der Waals surface area contributed by atoms with Gasteiger partial charge in [-0.2, -0.15) is 0 Å². The summed E-state index contributed by atoms with van der Waals surface area (Å²) in [6.45, 7) is 7.36. The van der Waals surface area contributed by atoms with Gasteiger partial charge in [0.2, 0.25) is 0 Å². The Hall–Kier alpha value is -3.81. The standard InChI is InChI=1S/C28H30F2N2O4/c1-17(27(35)36-28(2,3)4)6-5-7-18-8-11-20(12-9-18)32-24(33)15-14-22(26(32)31)25(34)21-13-10-19(29)16-23(21)30/h8-17H,5-7,31H2,1-4H3/t17-/m1/s1. The number of halogens is 2. The molecule has 36 heavy (non-hydrogen) atoms. The third-order valence-corrected chi connectivity index (χ3v) is 5.66. The first-order valence-corrected chi connectivity index (χ1v) is 11.7. The van der Waals surface area contributed by atoms with Crippen LogP contribution >= 0.6 is 0 Å². The van der Waals surface area contributed by atoms with Crippen LogP contribution in [-0.4, -0.2) is 21.9 Å². The number of nitrogen functional groups attached to an aromatic ring is 1. The number of carbonyl (C=O) groups is 2. The lowest BCUT2D eigenvalue weighted by Gasteiger charge is -2.22. The number of hydrogen-bond acceptors (Lipinski definition) is 5. The van der Waals surface area contributed by atoms with Crippen LogP contribution in [0.1, 0.15) is 62.0 Å². The zero-order valence-electron chi connectivity index (χ0n) is 20.8. The lowest BCUT2D eigenvalue weighted by atomic mass is 10.0. The van der Waals surface area contributed by atoms with Crippen molar-refractivity contribution < 1.29 is 23.1 Å². The van der Waals surface area contributed by atoms with Crippen molar-refractivity contribution in [1.29, 1.82) is 0 Å². The van der Waals surface area contributed by atoms with Gasteiger partial charge >= 0.3 is 5.97 Å². The molecule has 6 nitrogen and oxygen atoms in total. The molecule has 0 spiro atoms. The molecule has 0 amide bonds. The van der Waals surface area contributed by atoms with Crippen molar-refractivity contribution in [3.63, 3.8) is 0 Å². The number of ether oxygens (including phenoxy) is 1. The first-order valence-electron chi connectivity index (χ1n) is 11.7. The van der Waals surface area contributed by atoms with Crippen LogP contribution < -0.4 is 11.3 Å². The van der Waals surface area contributed by atoms with Gasteiger partial charge in [-0.15, -0.1) is 0 Å². The van der Waals surface area contributed by atoms with E-state index < -0.39 is 28.6 Å². The molecular weight excluding hydrogens is 466 g/mol. The largest absolute Gasteiger partial charge is 0.460 e. The molecule has 0 aliphatic heterocycles. The number of anilines is 1. The molecule has 0 fully saturated rings. The molecule has 0 saturated heterocycles. The first kappa shape index (κ1) is 26.8. The summed E-state index contributed by atoms with van der Waals surface area (Å²) in [5.74, 6) is -3.15. The highest BCUT2D eigenvalue weighted by Gasteiger charge is 2.22. The molecule has 8 heteroatoms. The summed E-state index contributed by atoms with van der Waals surface area (Å²) in [6, 6.07) is 12.1. The number of esters is 1. The van der Waals surface area contributed by atoms with Gasteiger partial charge in [0, 0.05) is 12.1 Å². The number of benzene rings is 2. The Bertz CT molecular complexity index is 1320. The number of rotatable bonds is 8. The van der Waals surface area contributed by atoms with E-state index in [0.717, 1.165) is 30.5 Å². The Morgan fingerprint density at radius 1 is 1.00 bits per heavy atom. The second kappa shape index (κ2) is 10.8. The third-order valence-electron chi connectivity index (χ3n) is 5.66. The van der Waals surface area contributed by atoms with Crippen LogP contribution in [0.25, 0.3) is 5.69 Å². The zero-order valence-corrected chi connectivity index (χ0v) is 20.8. The lowest BCUT2D eigenvalue weighted by molar-refractivity contribution is -0.159. The molecule has 2 N–H and O–H groups in total. The van der Waals surface area contributed by atoms with Crippen molar-refractivity contribution in [3.05, 3.63) is 93.3 Å². The van der Waals surface area contributed by atoms with Crippen LogP contribution in [0, 0.1) is 17.6 Å². The molecule has 190 valence electrons. The van der Waals surface area contributed by atoms with Crippen LogP contribution in [0.3, 0.4) is 0 Å². The molecule has 0 aliphatic carbocycles. The predicted molar refractivity (Wildman–Crippen MR) is 134 cm³/mol. The van der Waals surface area contributed by atoms with Gasteiger partial charge in [-0.05, 0) is 75.9 Å². The van der Waals surface area contributed by atoms with Gasteiger partial charge in [0.25, 0.3) is 5.56 Å². The highest BCUT2D eigenvalue weighted by Crippen LogP contribution is 2.22. The van der Waals surface area contributed by atoms with E-state index in [-0.39, 0.29) is 28.8 Å². The molecule has 0 radical (unpaired) electrons. The molecule has 0 bridgehead atoms. The summed E-state index contributed by atoms with van der Waals surface area (Å²) in [5.41, 5.74) is 6.22. The Morgan fingerprint density at radius 2 is 1.64 bits per heavy atom. The minimum atomic E-state index is -1.01. The molecular formula is C28H30F2N2O4. The predicted octanol–water partition coefficient (Wildman–Crippen LogP) is 5.23. The maximum absolute atomic E-state index is 14.1. The van der Waals surface area contributed by atoms with Gasteiger partial charge in [-0.1, -0.05) is 19.1 Å². The van der Waals surface area contributed by atoms with Crippen molar-refractivity contribution in [2.75, 3.05) is 5.73 Å². The van der Waals surface area contributed by atoms with Gasteiger partial charge in [0.15, 0.2) is 5.78 Å². The van der Waals surface area contributed by atoms with Crippen LogP contribution in [0.5, 0.6) is 0 Å². The Labute approximate surface area is 208 Å². The highest BCUT2D eigenvalue weighted by molar-refractivity contribution is 6.11. The van der Waals surface area contributed by atoms with Crippen molar-refractivity contribution in [3.8, 4) is 5.69 Å². The van der Waals surface area contributed by atoms with E-state index in [2.05, 4.69) is 0 Å². The zero-order chi connectivity index (χ0) is 26.6. The van der Waals surface area contributed by atoms with Crippen LogP contribution in [-0.2, 0) is 16.0 Å². The van der Waals surface area contributed by atoms with Gasteiger partial charge in [-0.25, -0.2) is 8.78 Å². The normalized spacial score (nSPS) is 12.3. The summed E-state index contributed by atoms with van der Waals surface area (Å²) in [6.07, 6.45) is 2.17. The minimum absolute atomic E-state index is 0.0692. The molecule has 1 atom stereocenters. The van der Waals surface area contributed by atoms with E-state index in [1.54, 1.807) is 12.1 Å². The van der Waals surface area contributed by atoms with Crippen molar-refractivity contribution in [2.24, 2.45) is 5.92 Å². The fourth-order valence-electron chi connectivity index (χ4n) is 3.78. The summed E-state index contributed by atoms with van der Waals surface area (Å²) >= 11 is 0. The van der Waals surface area contributed by atoms with Gasteiger partial charge in [-0.3, -0.25) is 19.0 Å². The van der Waals surface area contributed by atoms with Crippen molar-refractivity contribution in [2.45, 2.75) is 52.6 Å². The molecule has 0 aliphatic rings. The van der Waals surface area contributed by atoms with E-state index in [1.807, 2.05) is 39.8 Å². The topological polar surface area (TPSA) is 91.4 Å². The maximum atomic E-state index is 14.1. The van der Waals surface area contributed by atoms with E-state index in [0.29, 0.717) is 18.2 Å². The molecule has 0 saturated carbocycles. The number of aromatic nitrogens is 1. The molecule has 1 heterocycles. The average molecular weight is 497 g/mol. The first-order chi connectivity index (χ1) is 16.9. The molecule has 2 aromatic carbocycles. The van der Waals surface area contributed by atoms with Crippen molar-refractivity contribution in [1.82, 2.24) is 4.57 Å². The van der Waals surface area contributed by atoms with Crippen LogP contribution in [0.2, 0.25) is 0 Å². The third kappa shape index (κ3) is 6.44. The fraction of sp³-hybridized carbons (Fsp3) is 0.321. The van der Waals surface area contributed by atoms with Crippen LogP contribution in [0.15, 0.2) is 59.4 Å². The number of nitrogens with two attached hydrogens (primary N) is 1. The molecule has 1 aromatic heterocycles. The monoisotopic (exact) mass is 496 g/mol. The number of carbonyl (C=O) groups excluding carboxylic acids is 2. The van der Waals surface area contributed by atoms with E-state index in [4.69, 9.17) is 10.5 Å². The quantitative estimate of drug-likeness (QED) is 0.341. The summed E-state index contributed by atoms with van der Waals surface area (Å²) in [4.78, 5) is 37.6. The second-order valence-electron chi connectivity index (χ2n) is 9.75. The Morgan fingerprint density at radius 3 is 2.25 bits per heavy atom. The van der Waals surface area contributed by atoms with Crippen LogP contribution in [0.4, 0.5) is 14.6 Å². The Kier molecular flexibility index (Phi) is 8.07. The highest BCUT2D eigenvalue weighted by atomic mass is 19.1. The smallest absolute Gasteiger partial charge is 0.309 e. The van der Waals surface area contributed by atoms with Gasteiger partial charge in [0.1, 0.15) is 23.1 Å². The van der Waals surface area contributed by atoms with Crippen molar-refractivity contribution >= 4 is 17.6 Å². The minimum Gasteiger partial charge on any atom is -0.460 e. The number of aryl methyl sites for hydroxylation is 1. The second-order valence-corrected chi connectivity index (χ2v) is 9.75. The number of hydrogen-bond donors (Lipinski definition) is 1. The lowest BCUT2D eigenvalue weighted by Crippen LogP contribution is -2.27. The maximum Gasteiger partial charge on any atom is 0.309 e. The van der Waals surface area contributed by atoms with E-state index in [1.165, 1.54) is 16.7 Å². The summed E-state index contributed by atoms with van der Waals surface area (Å²) in [7, 11) is 0. The fourth-order valence-corrected chi connectivity index (χ4v) is 3.78. The SMILES string of the molecule is C[C@H](CCCc1ccc(-n2c(N)c(C(=O)c3ccc(F)cc3F)ccc2=O)cc1)C(=O)OC(C)(C)C. The molecule has 0 unspecified atom stereocenters. The van der Waals surface area contributed by atoms with E-state index in [9.17, 15) is 23.2 Å². The summed E-state index contributed by atoms with van der Waals surface area (Å²) < 4.78 is 34.0. The molecule has 3 aromatic rings. The van der Waals surface area contributed by atoms with E-state index >= 15 is 0 Å². The average Bonchev–Trinajstić information content (AvgIpc) is 2.78. The summed E-state index contributed by atoms with van der Waals surface area (Å²) in [5, 5.41) is 0. The van der Waals surface area contributed by atoms with Gasteiger partial charge < -0.3 is 10.5 Å². The number of nitrogens with zero attached hydrogens (tertiary/aromatic N) is 1. The molecule has 3 rings (SSSR count). The Balaban J connectivity index is 1.74. The number of ketones is 1.